The van der Waals surface area contributed by atoms with Gasteiger partial charge in [-0.1, -0.05) is 6.92 Å². The Morgan fingerprint density at radius 2 is 2.11 bits per heavy atom. The van der Waals surface area contributed by atoms with Crippen LogP contribution in [0.4, 0.5) is 0 Å². The van der Waals surface area contributed by atoms with Gasteiger partial charge in [-0.05, 0) is 50.6 Å². The summed E-state index contributed by atoms with van der Waals surface area (Å²) in [5, 5.41) is 6.57. The van der Waals surface area contributed by atoms with E-state index in [0.29, 0.717) is 24.3 Å². The number of hydrogen-bond acceptors (Lipinski definition) is 3. The lowest BCUT2D eigenvalue weighted by Crippen LogP contribution is -2.41. The van der Waals surface area contributed by atoms with Crippen LogP contribution in [0.3, 0.4) is 0 Å². The molecule has 112 valence electrons. The summed E-state index contributed by atoms with van der Waals surface area (Å²) in [6, 6.07) is 0.336. The van der Waals surface area contributed by atoms with Gasteiger partial charge in [0.15, 0.2) is 0 Å². The molecule has 4 nitrogen and oxygen atoms in total. The number of carbonyl (C=O) groups is 1. The molecule has 0 aromatic carbocycles. The van der Waals surface area contributed by atoms with Gasteiger partial charge in [-0.3, -0.25) is 4.79 Å². The maximum absolute atomic E-state index is 12.0. The van der Waals surface area contributed by atoms with Gasteiger partial charge in [-0.25, -0.2) is 0 Å². The first-order valence-electron chi connectivity index (χ1n) is 7.33. The predicted octanol–water partition coefficient (Wildman–Crippen LogP) is 1.73. The zero-order valence-corrected chi connectivity index (χ0v) is 12.6. The molecule has 2 atom stereocenters. The second-order valence-corrected chi connectivity index (χ2v) is 5.74. The number of ether oxygens (including phenoxy) is 1. The third kappa shape index (κ3) is 5.67. The number of hydrogen-bond donors (Lipinski definition) is 2. The minimum absolute atomic E-state index is 0. The Morgan fingerprint density at radius 1 is 1.37 bits per heavy atom. The molecule has 2 rings (SSSR count). The third-order valence-corrected chi connectivity index (χ3v) is 4.23. The van der Waals surface area contributed by atoms with Crippen molar-refractivity contribution in [1.82, 2.24) is 10.6 Å². The predicted molar refractivity (Wildman–Crippen MR) is 78.6 cm³/mol. The van der Waals surface area contributed by atoms with Gasteiger partial charge in [0.05, 0.1) is 0 Å². The molecule has 0 bridgehead atoms. The fraction of sp³-hybridized carbons (Fsp3) is 0.929. The van der Waals surface area contributed by atoms with Crippen LogP contribution in [0.2, 0.25) is 0 Å². The standard InChI is InChI=1S/C14H26N2O2.ClH/c1-11(12-3-2-6-15-10-12)9-14(17)16-13-4-7-18-8-5-13;/h11-13,15H,2-10H2,1H3,(H,16,17);1H. The average molecular weight is 291 g/mol. The molecule has 2 aliphatic heterocycles. The smallest absolute Gasteiger partial charge is 0.220 e. The summed E-state index contributed by atoms with van der Waals surface area (Å²) in [5.41, 5.74) is 0. The topological polar surface area (TPSA) is 50.4 Å². The van der Waals surface area contributed by atoms with Crippen LogP contribution in [0.1, 0.15) is 39.0 Å². The Morgan fingerprint density at radius 3 is 2.74 bits per heavy atom. The largest absolute Gasteiger partial charge is 0.381 e. The quantitative estimate of drug-likeness (QED) is 0.829. The van der Waals surface area contributed by atoms with Crippen molar-refractivity contribution in [2.24, 2.45) is 11.8 Å². The second kappa shape index (κ2) is 8.77. The molecule has 2 saturated heterocycles. The Balaban J connectivity index is 0.00000180. The van der Waals surface area contributed by atoms with Crippen LogP contribution in [0, 0.1) is 11.8 Å². The van der Waals surface area contributed by atoms with E-state index in [0.717, 1.165) is 39.1 Å². The van der Waals surface area contributed by atoms with Crippen molar-refractivity contribution in [2.45, 2.75) is 45.1 Å². The highest BCUT2D eigenvalue weighted by Gasteiger charge is 2.23. The number of halogens is 1. The number of piperidine rings is 1. The van der Waals surface area contributed by atoms with E-state index in [9.17, 15) is 4.79 Å². The van der Waals surface area contributed by atoms with E-state index in [2.05, 4.69) is 17.6 Å². The Hall–Kier alpha value is -0.320. The highest BCUT2D eigenvalue weighted by Crippen LogP contribution is 2.22. The molecule has 2 aliphatic rings. The van der Waals surface area contributed by atoms with Crippen molar-refractivity contribution in [3.8, 4) is 0 Å². The molecule has 2 heterocycles. The highest BCUT2D eigenvalue weighted by molar-refractivity contribution is 5.85. The number of rotatable bonds is 4. The Bertz CT molecular complexity index is 264. The zero-order chi connectivity index (χ0) is 12.8. The SMILES string of the molecule is CC(CC(=O)NC1CCOCC1)C1CCCNC1.Cl. The van der Waals surface area contributed by atoms with Crippen LogP contribution in [0.15, 0.2) is 0 Å². The van der Waals surface area contributed by atoms with Gasteiger partial charge in [0.1, 0.15) is 0 Å². The van der Waals surface area contributed by atoms with Gasteiger partial charge in [0, 0.05) is 25.7 Å². The first kappa shape index (κ1) is 16.7. The molecule has 0 aliphatic carbocycles. The van der Waals surface area contributed by atoms with Gasteiger partial charge in [0.25, 0.3) is 0 Å². The van der Waals surface area contributed by atoms with E-state index in [1.54, 1.807) is 0 Å². The molecule has 0 saturated carbocycles. The maximum atomic E-state index is 12.0. The molecule has 2 fully saturated rings. The number of nitrogens with one attached hydrogen (secondary N) is 2. The summed E-state index contributed by atoms with van der Waals surface area (Å²) in [4.78, 5) is 12.0. The van der Waals surface area contributed by atoms with Crippen molar-refractivity contribution in [3.05, 3.63) is 0 Å². The van der Waals surface area contributed by atoms with Crippen molar-refractivity contribution >= 4 is 18.3 Å². The van der Waals surface area contributed by atoms with E-state index in [4.69, 9.17) is 4.74 Å². The molecule has 0 radical (unpaired) electrons. The number of carbonyl (C=O) groups excluding carboxylic acids is 1. The first-order chi connectivity index (χ1) is 8.75. The molecule has 1 amide bonds. The van der Waals surface area contributed by atoms with Crippen LogP contribution >= 0.6 is 12.4 Å². The van der Waals surface area contributed by atoms with Crippen molar-refractivity contribution in [2.75, 3.05) is 26.3 Å². The lowest BCUT2D eigenvalue weighted by molar-refractivity contribution is -0.123. The van der Waals surface area contributed by atoms with Crippen molar-refractivity contribution < 1.29 is 9.53 Å². The van der Waals surface area contributed by atoms with Crippen LogP contribution in [0.5, 0.6) is 0 Å². The summed E-state index contributed by atoms with van der Waals surface area (Å²) in [7, 11) is 0. The lowest BCUT2D eigenvalue weighted by atomic mass is 9.85. The fourth-order valence-electron chi connectivity index (χ4n) is 2.95. The van der Waals surface area contributed by atoms with E-state index < -0.39 is 0 Å². The number of amides is 1. The van der Waals surface area contributed by atoms with Gasteiger partial charge in [-0.15, -0.1) is 12.4 Å². The fourth-order valence-corrected chi connectivity index (χ4v) is 2.95. The van der Waals surface area contributed by atoms with Crippen LogP contribution in [-0.2, 0) is 9.53 Å². The zero-order valence-electron chi connectivity index (χ0n) is 11.8. The van der Waals surface area contributed by atoms with E-state index in [1.807, 2.05) is 0 Å². The molecule has 0 aromatic heterocycles. The summed E-state index contributed by atoms with van der Waals surface area (Å²) in [6.45, 7) is 5.99. The molecular weight excluding hydrogens is 264 g/mol. The maximum Gasteiger partial charge on any atom is 0.220 e. The highest BCUT2D eigenvalue weighted by atomic mass is 35.5. The van der Waals surface area contributed by atoms with Crippen LogP contribution in [-0.4, -0.2) is 38.3 Å². The van der Waals surface area contributed by atoms with Crippen LogP contribution in [0.25, 0.3) is 0 Å². The molecule has 5 heteroatoms. The minimum Gasteiger partial charge on any atom is -0.381 e. The molecule has 2 unspecified atom stereocenters. The van der Waals surface area contributed by atoms with E-state index >= 15 is 0 Å². The summed E-state index contributed by atoms with van der Waals surface area (Å²) >= 11 is 0. The van der Waals surface area contributed by atoms with Gasteiger partial charge in [-0.2, -0.15) is 0 Å². The van der Waals surface area contributed by atoms with Gasteiger partial charge in [0.2, 0.25) is 5.91 Å². The third-order valence-electron chi connectivity index (χ3n) is 4.23. The van der Waals surface area contributed by atoms with Gasteiger partial charge >= 0.3 is 0 Å². The first-order valence-corrected chi connectivity index (χ1v) is 7.33. The Kier molecular flexibility index (Phi) is 7.73. The Labute approximate surface area is 122 Å². The average Bonchev–Trinajstić information content (AvgIpc) is 2.40. The monoisotopic (exact) mass is 290 g/mol. The molecule has 2 N–H and O–H groups in total. The van der Waals surface area contributed by atoms with Gasteiger partial charge < -0.3 is 15.4 Å². The van der Waals surface area contributed by atoms with E-state index in [-0.39, 0.29) is 18.3 Å². The normalized spacial score (nSPS) is 26.3. The van der Waals surface area contributed by atoms with E-state index in [1.165, 1.54) is 12.8 Å². The summed E-state index contributed by atoms with van der Waals surface area (Å²) < 4.78 is 5.30. The lowest BCUT2D eigenvalue weighted by Gasteiger charge is -2.29. The molecule has 0 aromatic rings. The van der Waals surface area contributed by atoms with Crippen LogP contribution < -0.4 is 10.6 Å². The molecular formula is C14H27ClN2O2. The summed E-state index contributed by atoms with van der Waals surface area (Å²) in [5.74, 6) is 1.37. The second-order valence-electron chi connectivity index (χ2n) is 5.74. The van der Waals surface area contributed by atoms with Crippen molar-refractivity contribution in [1.29, 1.82) is 0 Å². The molecule has 0 spiro atoms. The van der Waals surface area contributed by atoms with Crippen molar-refractivity contribution in [3.63, 3.8) is 0 Å². The minimum atomic E-state index is 0. The summed E-state index contributed by atoms with van der Waals surface area (Å²) in [6.07, 6.45) is 5.11. The molecule has 19 heavy (non-hydrogen) atoms.